The fourth-order valence-corrected chi connectivity index (χ4v) is 2.07. The molecule has 1 aliphatic rings. The predicted molar refractivity (Wildman–Crippen MR) is 61.5 cm³/mol. The number of carboxylic acid groups (broad SMARTS) is 1. The van der Waals surface area contributed by atoms with E-state index < -0.39 is 5.97 Å². The first-order valence-electron chi connectivity index (χ1n) is 5.87. The summed E-state index contributed by atoms with van der Waals surface area (Å²) in [5.41, 5.74) is 0.789. The van der Waals surface area contributed by atoms with Crippen molar-refractivity contribution in [2.24, 2.45) is 0 Å². The van der Waals surface area contributed by atoms with Crippen LogP contribution in [-0.2, 0) is 6.54 Å². The maximum Gasteiger partial charge on any atom is 0.358 e. The summed E-state index contributed by atoms with van der Waals surface area (Å²) in [7, 11) is 0. The van der Waals surface area contributed by atoms with Crippen molar-refractivity contribution in [2.75, 3.05) is 0 Å². The number of hydrogen-bond donors (Lipinski definition) is 1. The van der Waals surface area contributed by atoms with Gasteiger partial charge in [0.05, 0.1) is 5.69 Å². The third-order valence-corrected chi connectivity index (χ3v) is 3.04. The summed E-state index contributed by atoms with van der Waals surface area (Å²) in [4.78, 5) is 11.1. The molecule has 0 amide bonds. The standard InChI is InChI=1S/C12H13N3O3/c1-7-2-5-9(18-7)6-15-11(8-3-4-8)10(12(16)17)13-14-15/h2,5,8H,3-4,6H2,1H3,(H,16,17). The SMILES string of the molecule is Cc1ccc(Cn2nnc(C(=O)O)c2C2CC2)o1. The summed E-state index contributed by atoms with van der Waals surface area (Å²) >= 11 is 0. The average Bonchev–Trinajstić information content (AvgIpc) is 2.94. The van der Waals surface area contributed by atoms with Crippen molar-refractivity contribution in [3.05, 3.63) is 35.0 Å². The van der Waals surface area contributed by atoms with Crippen LogP contribution >= 0.6 is 0 Å². The number of aryl methyl sites for hydroxylation is 1. The van der Waals surface area contributed by atoms with Crippen molar-refractivity contribution >= 4 is 5.97 Å². The molecule has 0 unspecified atom stereocenters. The summed E-state index contributed by atoms with van der Waals surface area (Å²) < 4.78 is 7.11. The highest BCUT2D eigenvalue weighted by atomic mass is 16.4. The zero-order valence-corrected chi connectivity index (χ0v) is 9.96. The fourth-order valence-electron chi connectivity index (χ4n) is 2.07. The maximum absolute atomic E-state index is 11.1. The molecule has 0 aromatic carbocycles. The van der Waals surface area contributed by atoms with Crippen molar-refractivity contribution in [3.8, 4) is 0 Å². The van der Waals surface area contributed by atoms with E-state index in [1.165, 1.54) is 0 Å². The Hall–Kier alpha value is -2.11. The Labute approximate surface area is 103 Å². The van der Waals surface area contributed by atoms with Crippen LogP contribution in [0.1, 0.15) is 46.5 Å². The van der Waals surface area contributed by atoms with Gasteiger partial charge >= 0.3 is 5.97 Å². The van der Waals surface area contributed by atoms with Crippen LogP contribution < -0.4 is 0 Å². The highest BCUT2D eigenvalue weighted by Crippen LogP contribution is 2.41. The summed E-state index contributed by atoms with van der Waals surface area (Å²) in [6.07, 6.45) is 2.01. The minimum atomic E-state index is -1.02. The number of furan rings is 1. The second-order valence-electron chi connectivity index (χ2n) is 4.57. The van der Waals surface area contributed by atoms with Gasteiger partial charge in [-0.25, -0.2) is 9.48 Å². The number of nitrogens with zero attached hydrogens (tertiary/aromatic N) is 3. The Morgan fingerprint density at radius 3 is 2.89 bits per heavy atom. The topological polar surface area (TPSA) is 81.2 Å². The van der Waals surface area contributed by atoms with Crippen LogP contribution in [0.4, 0.5) is 0 Å². The van der Waals surface area contributed by atoms with Crippen molar-refractivity contribution in [1.82, 2.24) is 15.0 Å². The number of carboxylic acids is 1. The van der Waals surface area contributed by atoms with Gasteiger partial charge in [0.25, 0.3) is 0 Å². The van der Waals surface area contributed by atoms with Gasteiger partial charge in [-0.1, -0.05) is 5.21 Å². The largest absolute Gasteiger partial charge is 0.476 e. The molecule has 1 saturated carbocycles. The first-order valence-corrected chi connectivity index (χ1v) is 5.87. The monoisotopic (exact) mass is 247 g/mol. The number of carbonyl (C=O) groups is 1. The number of aromatic nitrogens is 3. The van der Waals surface area contributed by atoms with E-state index in [-0.39, 0.29) is 11.6 Å². The van der Waals surface area contributed by atoms with E-state index in [0.29, 0.717) is 6.54 Å². The van der Waals surface area contributed by atoms with Crippen molar-refractivity contribution in [1.29, 1.82) is 0 Å². The number of aromatic carboxylic acids is 1. The molecule has 2 aromatic rings. The fraction of sp³-hybridized carbons (Fsp3) is 0.417. The summed E-state index contributed by atoms with van der Waals surface area (Å²) in [6.45, 7) is 2.30. The molecule has 18 heavy (non-hydrogen) atoms. The van der Waals surface area contributed by atoms with E-state index in [0.717, 1.165) is 30.1 Å². The Balaban J connectivity index is 1.94. The molecule has 2 aromatic heterocycles. The lowest BCUT2D eigenvalue weighted by Gasteiger charge is -2.03. The van der Waals surface area contributed by atoms with Crippen molar-refractivity contribution in [2.45, 2.75) is 32.2 Å². The Morgan fingerprint density at radius 2 is 2.33 bits per heavy atom. The van der Waals surface area contributed by atoms with Gasteiger partial charge in [0.2, 0.25) is 0 Å². The lowest BCUT2D eigenvalue weighted by Crippen LogP contribution is -2.08. The summed E-state index contributed by atoms with van der Waals surface area (Å²) in [6, 6.07) is 3.75. The third-order valence-electron chi connectivity index (χ3n) is 3.04. The van der Waals surface area contributed by atoms with Gasteiger partial charge in [-0.05, 0) is 31.9 Å². The molecule has 6 nitrogen and oxygen atoms in total. The van der Waals surface area contributed by atoms with E-state index in [1.807, 2.05) is 19.1 Å². The van der Waals surface area contributed by atoms with Gasteiger partial charge in [0, 0.05) is 5.92 Å². The van der Waals surface area contributed by atoms with Crippen LogP contribution in [0.15, 0.2) is 16.5 Å². The van der Waals surface area contributed by atoms with Crippen LogP contribution in [0, 0.1) is 6.92 Å². The highest BCUT2D eigenvalue weighted by molar-refractivity contribution is 5.86. The van der Waals surface area contributed by atoms with Gasteiger partial charge < -0.3 is 9.52 Å². The molecule has 0 saturated heterocycles. The van der Waals surface area contributed by atoms with Gasteiger partial charge in [0.15, 0.2) is 5.69 Å². The lowest BCUT2D eigenvalue weighted by atomic mass is 10.2. The van der Waals surface area contributed by atoms with E-state index in [2.05, 4.69) is 10.3 Å². The molecular formula is C12H13N3O3. The molecule has 0 aliphatic heterocycles. The zero-order valence-electron chi connectivity index (χ0n) is 9.96. The average molecular weight is 247 g/mol. The van der Waals surface area contributed by atoms with Crippen LogP contribution in [-0.4, -0.2) is 26.1 Å². The summed E-state index contributed by atoms with van der Waals surface area (Å²) in [5, 5.41) is 16.8. The molecule has 6 heteroatoms. The van der Waals surface area contributed by atoms with Gasteiger partial charge in [-0.2, -0.15) is 0 Å². The molecule has 3 rings (SSSR count). The predicted octanol–water partition coefficient (Wildman–Crippen LogP) is 1.80. The van der Waals surface area contributed by atoms with E-state index in [9.17, 15) is 4.79 Å². The van der Waals surface area contributed by atoms with Crippen LogP contribution in [0.3, 0.4) is 0 Å². The molecule has 94 valence electrons. The minimum absolute atomic E-state index is 0.0702. The van der Waals surface area contributed by atoms with Crippen molar-refractivity contribution < 1.29 is 14.3 Å². The number of rotatable bonds is 4. The maximum atomic E-state index is 11.1. The van der Waals surface area contributed by atoms with E-state index >= 15 is 0 Å². The molecule has 1 fully saturated rings. The molecule has 0 spiro atoms. The second-order valence-corrected chi connectivity index (χ2v) is 4.57. The quantitative estimate of drug-likeness (QED) is 0.890. The first kappa shape index (κ1) is 11.0. The van der Waals surface area contributed by atoms with E-state index in [4.69, 9.17) is 9.52 Å². The van der Waals surface area contributed by atoms with Gasteiger partial charge in [-0.15, -0.1) is 5.10 Å². The Kier molecular flexibility index (Phi) is 2.43. The van der Waals surface area contributed by atoms with Gasteiger partial charge in [0.1, 0.15) is 18.1 Å². The molecule has 0 bridgehead atoms. The van der Waals surface area contributed by atoms with Gasteiger partial charge in [-0.3, -0.25) is 0 Å². The Morgan fingerprint density at radius 1 is 1.56 bits per heavy atom. The zero-order chi connectivity index (χ0) is 12.7. The Bertz CT molecular complexity index is 595. The molecule has 0 radical (unpaired) electrons. The molecule has 0 atom stereocenters. The van der Waals surface area contributed by atoms with Crippen LogP contribution in [0.25, 0.3) is 0 Å². The van der Waals surface area contributed by atoms with Crippen molar-refractivity contribution in [3.63, 3.8) is 0 Å². The first-order chi connectivity index (χ1) is 8.65. The van der Waals surface area contributed by atoms with E-state index in [1.54, 1.807) is 4.68 Å². The second kappa shape index (κ2) is 3.97. The normalized spacial score (nSPS) is 14.9. The minimum Gasteiger partial charge on any atom is -0.476 e. The van der Waals surface area contributed by atoms with Crippen LogP contribution in [0.5, 0.6) is 0 Å². The summed E-state index contributed by atoms with van der Waals surface area (Å²) in [5.74, 6) is 0.855. The van der Waals surface area contributed by atoms with Crippen LogP contribution in [0.2, 0.25) is 0 Å². The molecule has 2 heterocycles. The lowest BCUT2D eigenvalue weighted by molar-refractivity contribution is 0.0689. The molecule has 1 aliphatic carbocycles. The molecular weight excluding hydrogens is 234 g/mol. The number of hydrogen-bond acceptors (Lipinski definition) is 4. The third kappa shape index (κ3) is 1.90. The smallest absolute Gasteiger partial charge is 0.358 e. The highest BCUT2D eigenvalue weighted by Gasteiger charge is 2.33. The molecule has 1 N–H and O–H groups in total.